The fourth-order valence-electron chi connectivity index (χ4n) is 1.34. The van der Waals surface area contributed by atoms with Crippen LogP contribution in [0.25, 0.3) is 0 Å². The summed E-state index contributed by atoms with van der Waals surface area (Å²) in [6.07, 6.45) is 0.219. The van der Waals surface area contributed by atoms with Gasteiger partial charge in [0.1, 0.15) is 19.6 Å². The van der Waals surface area contributed by atoms with Crippen LogP contribution in [0.4, 0.5) is 11.8 Å². The molecular formula is C11H18N5O3P. The topological polar surface area (TPSA) is 137 Å². The van der Waals surface area contributed by atoms with E-state index in [2.05, 4.69) is 9.97 Å². The van der Waals surface area contributed by atoms with Gasteiger partial charge in [0.25, 0.3) is 0 Å². The van der Waals surface area contributed by atoms with Crippen molar-refractivity contribution < 1.29 is 14.0 Å². The molecule has 0 spiro atoms. The number of hydrogen-bond acceptors (Lipinski definition) is 8. The van der Waals surface area contributed by atoms with Gasteiger partial charge >= 0.3 is 0 Å². The third kappa shape index (κ3) is 5.43. The normalized spacial score (nSPS) is 11.1. The Bertz CT molecular complexity index is 552. The van der Waals surface area contributed by atoms with Crippen LogP contribution in [0, 0.1) is 11.3 Å². The van der Waals surface area contributed by atoms with Crippen molar-refractivity contribution in [2.75, 3.05) is 44.4 Å². The summed E-state index contributed by atoms with van der Waals surface area (Å²) in [5, 5.41) is 8.73. The quantitative estimate of drug-likeness (QED) is 0.554. The van der Waals surface area contributed by atoms with Crippen LogP contribution in [0.3, 0.4) is 0 Å². The van der Waals surface area contributed by atoms with Crippen molar-refractivity contribution in [3.8, 4) is 11.9 Å². The summed E-state index contributed by atoms with van der Waals surface area (Å²) in [5.74, 6) is 0.282. The van der Waals surface area contributed by atoms with Gasteiger partial charge in [0.05, 0.1) is 31.0 Å². The van der Waals surface area contributed by atoms with E-state index in [1.807, 2.05) is 6.07 Å². The van der Waals surface area contributed by atoms with E-state index in [1.165, 1.54) is 0 Å². The standard InChI is InChI=1S/C11H18N5O3P/c1-20(2,17)7-18-5-6-19-10-8(3-4-12)9(13)15-11(14)16-10/h3,5-7H2,1-2H3,(H4,13,14,15,16). The molecule has 0 saturated heterocycles. The van der Waals surface area contributed by atoms with Crippen LogP contribution in [0.2, 0.25) is 0 Å². The molecule has 0 aliphatic carbocycles. The van der Waals surface area contributed by atoms with Crippen LogP contribution in [-0.4, -0.2) is 42.9 Å². The lowest BCUT2D eigenvalue weighted by molar-refractivity contribution is 0.128. The van der Waals surface area contributed by atoms with Gasteiger partial charge in [-0.1, -0.05) is 0 Å². The summed E-state index contributed by atoms with van der Waals surface area (Å²) in [4.78, 5) is 7.68. The number of nitriles is 1. The average molecular weight is 299 g/mol. The zero-order valence-corrected chi connectivity index (χ0v) is 12.4. The van der Waals surface area contributed by atoms with Gasteiger partial charge in [-0.25, -0.2) is 0 Å². The van der Waals surface area contributed by atoms with E-state index in [0.29, 0.717) is 5.56 Å². The molecule has 1 aromatic rings. The molecule has 0 amide bonds. The molecule has 0 bridgehead atoms. The minimum absolute atomic E-state index is 0.0216. The van der Waals surface area contributed by atoms with Crippen LogP contribution in [0.15, 0.2) is 0 Å². The van der Waals surface area contributed by atoms with Crippen molar-refractivity contribution in [1.29, 1.82) is 5.26 Å². The number of aromatic nitrogens is 2. The van der Waals surface area contributed by atoms with Crippen LogP contribution in [0.5, 0.6) is 5.88 Å². The van der Waals surface area contributed by atoms with Crippen molar-refractivity contribution in [2.24, 2.45) is 0 Å². The lowest BCUT2D eigenvalue weighted by Crippen LogP contribution is -2.12. The third-order valence-corrected chi connectivity index (χ3v) is 2.95. The van der Waals surface area contributed by atoms with Crippen LogP contribution in [0.1, 0.15) is 5.56 Å². The van der Waals surface area contributed by atoms with Crippen molar-refractivity contribution in [2.45, 2.75) is 6.42 Å². The van der Waals surface area contributed by atoms with Crippen LogP contribution >= 0.6 is 7.14 Å². The number of rotatable bonds is 7. The van der Waals surface area contributed by atoms with E-state index in [4.69, 9.17) is 26.2 Å². The largest absolute Gasteiger partial charge is 0.475 e. The molecule has 1 heterocycles. The summed E-state index contributed by atoms with van der Waals surface area (Å²) in [6, 6.07) is 1.96. The Kier molecular flexibility index (Phi) is 5.74. The van der Waals surface area contributed by atoms with E-state index in [-0.39, 0.29) is 43.6 Å². The van der Waals surface area contributed by atoms with Crippen molar-refractivity contribution in [3.05, 3.63) is 5.56 Å². The second-order valence-corrected chi connectivity index (χ2v) is 7.95. The summed E-state index contributed by atoms with van der Waals surface area (Å²) in [7, 11) is -2.20. The zero-order valence-electron chi connectivity index (χ0n) is 11.5. The van der Waals surface area contributed by atoms with Gasteiger partial charge in [-0.15, -0.1) is 0 Å². The lowest BCUT2D eigenvalue weighted by atomic mass is 10.2. The van der Waals surface area contributed by atoms with Gasteiger partial charge < -0.3 is 25.5 Å². The Hall–Kier alpha value is -1.84. The van der Waals surface area contributed by atoms with E-state index in [9.17, 15) is 4.57 Å². The molecule has 4 N–H and O–H groups in total. The Morgan fingerprint density at radius 1 is 1.30 bits per heavy atom. The molecule has 0 aromatic carbocycles. The fraction of sp³-hybridized carbons (Fsp3) is 0.545. The first-order valence-electron chi connectivity index (χ1n) is 5.87. The highest BCUT2D eigenvalue weighted by molar-refractivity contribution is 7.62. The molecule has 0 radical (unpaired) electrons. The average Bonchev–Trinajstić information content (AvgIpc) is 2.31. The zero-order chi connectivity index (χ0) is 15.2. The number of anilines is 2. The fourth-order valence-corrected chi connectivity index (χ4v) is 1.91. The molecular weight excluding hydrogens is 281 g/mol. The van der Waals surface area contributed by atoms with Gasteiger partial charge in [-0.3, -0.25) is 0 Å². The molecule has 0 aliphatic rings. The highest BCUT2D eigenvalue weighted by Crippen LogP contribution is 2.35. The molecule has 9 heteroatoms. The second-order valence-electron chi connectivity index (χ2n) is 4.55. The Balaban J connectivity index is 2.59. The first-order valence-corrected chi connectivity index (χ1v) is 8.65. The summed E-state index contributed by atoms with van der Waals surface area (Å²) in [5.41, 5.74) is 11.5. The maximum absolute atomic E-state index is 11.4. The van der Waals surface area contributed by atoms with E-state index >= 15 is 0 Å². The molecule has 0 aliphatic heterocycles. The number of nitrogen functional groups attached to an aromatic ring is 2. The van der Waals surface area contributed by atoms with Crippen LogP contribution < -0.4 is 16.2 Å². The van der Waals surface area contributed by atoms with Gasteiger partial charge in [0.2, 0.25) is 11.8 Å². The highest BCUT2D eigenvalue weighted by atomic mass is 31.2. The minimum Gasteiger partial charge on any atom is -0.475 e. The van der Waals surface area contributed by atoms with Crippen molar-refractivity contribution in [1.82, 2.24) is 9.97 Å². The molecule has 8 nitrogen and oxygen atoms in total. The molecule has 20 heavy (non-hydrogen) atoms. The molecule has 0 unspecified atom stereocenters. The van der Waals surface area contributed by atoms with Crippen molar-refractivity contribution >= 4 is 18.9 Å². The van der Waals surface area contributed by atoms with Gasteiger partial charge in [0.15, 0.2) is 0 Å². The molecule has 0 atom stereocenters. The van der Waals surface area contributed by atoms with Crippen molar-refractivity contribution in [3.63, 3.8) is 0 Å². The maximum atomic E-state index is 11.4. The van der Waals surface area contributed by atoms with E-state index < -0.39 is 7.14 Å². The minimum atomic E-state index is -2.20. The number of ether oxygens (including phenoxy) is 2. The van der Waals surface area contributed by atoms with Crippen LogP contribution in [-0.2, 0) is 15.7 Å². The SMILES string of the molecule is CP(C)(=O)COCCOc1nc(N)nc(N)c1CC#N. The first kappa shape index (κ1) is 16.2. The van der Waals surface area contributed by atoms with Gasteiger partial charge in [-0.2, -0.15) is 15.2 Å². The smallest absolute Gasteiger partial charge is 0.225 e. The molecule has 0 saturated carbocycles. The Morgan fingerprint density at radius 3 is 2.60 bits per heavy atom. The van der Waals surface area contributed by atoms with E-state index in [0.717, 1.165) is 0 Å². The molecule has 0 fully saturated rings. The maximum Gasteiger partial charge on any atom is 0.225 e. The molecule has 110 valence electrons. The van der Waals surface area contributed by atoms with Gasteiger partial charge in [-0.05, 0) is 13.3 Å². The summed E-state index contributed by atoms with van der Waals surface area (Å²) in [6.45, 7) is 3.73. The first-order chi connectivity index (χ1) is 9.33. The monoisotopic (exact) mass is 299 g/mol. The Morgan fingerprint density at radius 2 is 2.00 bits per heavy atom. The highest BCUT2D eigenvalue weighted by Gasteiger charge is 2.13. The Labute approximate surface area is 117 Å². The van der Waals surface area contributed by atoms with E-state index in [1.54, 1.807) is 13.3 Å². The van der Waals surface area contributed by atoms with Gasteiger partial charge in [0, 0.05) is 0 Å². The predicted octanol–water partition coefficient (Wildman–Crippen LogP) is 0.683. The lowest BCUT2D eigenvalue weighted by Gasteiger charge is -2.12. The summed E-state index contributed by atoms with van der Waals surface area (Å²) < 4.78 is 22.0. The number of nitrogens with two attached hydrogens (primary N) is 2. The molecule has 1 aromatic heterocycles. The third-order valence-electron chi connectivity index (χ3n) is 2.14. The number of hydrogen-bond donors (Lipinski definition) is 2. The molecule has 1 rings (SSSR count). The summed E-state index contributed by atoms with van der Waals surface area (Å²) >= 11 is 0. The number of nitrogens with zero attached hydrogens (tertiary/aromatic N) is 3. The predicted molar refractivity (Wildman–Crippen MR) is 75.9 cm³/mol. The second kappa shape index (κ2) is 7.08.